The number of carbonyl (C=O) groups excluding carboxylic acids is 1. The van der Waals surface area contributed by atoms with E-state index in [-0.39, 0.29) is 22.7 Å². The molecular weight excluding hydrogens is 235 g/mol. The molecule has 0 N–H and O–H groups in total. The van der Waals surface area contributed by atoms with Gasteiger partial charge in [0.2, 0.25) is 0 Å². The number of hydrogen-bond donors (Lipinski definition) is 0. The van der Waals surface area contributed by atoms with E-state index < -0.39 is 5.60 Å². The molecule has 0 saturated heterocycles. The third-order valence-electron chi connectivity index (χ3n) is 3.22. The first-order valence-electron chi connectivity index (χ1n) is 7.29. The molecule has 0 aliphatic rings. The molecule has 2 nitrogen and oxygen atoms in total. The summed E-state index contributed by atoms with van der Waals surface area (Å²) < 4.78 is 5.74. The van der Waals surface area contributed by atoms with E-state index >= 15 is 0 Å². The molecule has 111 valence electrons. The Morgan fingerprint density at radius 3 is 1.84 bits per heavy atom. The minimum atomic E-state index is -0.410. The van der Waals surface area contributed by atoms with Crippen molar-refractivity contribution in [3.8, 4) is 0 Å². The van der Waals surface area contributed by atoms with Crippen LogP contribution < -0.4 is 0 Å². The van der Waals surface area contributed by atoms with Gasteiger partial charge in [-0.05, 0) is 37.4 Å². The van der Waals surface area contributed by atoms with Gasteiger partial charge in [-0.1, -0.05) is 48.4 Å². The Morgan fingerprint density at radius 1 is 1.05 bits per heavy atom. The predicted molar refractivity (Wildman–Crippen MR) is 83.6 cm³/mol. The van der Waals surface area contributed by atoms with E-state index in [1.807, 2.05) is 28.0 Å². The SMILES string of the molecule is C[B]CC(C)(C)OC(=O)C(CC(C)(C)C)C(C)(C)C. The molecule has 1 unspecified atom stereocenters. The second-order valence-corrected chi connectivity index (χ2v) is 8.48. The van der Waals surface area contributed by atoms with E-state index in [1.165, 1.54) is 0 Å². The summed E-state index contributed by atoms with van der Waals surface area (Å²) in [6.45, 7) is 18.8. The van der Waals surface area contributed by atoms with Gasteiger partial charge in [0.1, 0.15) is 7.28 Å². The lowest BCUT2D eigenvalue weighted by molar-refractivity contribution is -0.165. The van der Waals surface area contributed by atoms with Crippen LogP contribution in [0.25, 0.3) is 0 Å². The molecule has 0 saturated carbocycles. The van der Waals surface area contributed by atoms with Gasteiger partial charge in [0.05, 0.1) is 11.5 Å². The largest absolute Gasteiger partial charge is 0.460 e. The van der Waals surface area contributed by atoms with Gasteiger partial charge >= 0.3 is 5.97 Å². The van der Waals surface area contributed by atoms with Crippen LogP contribution in [0.1, 0.15) is 61.8 Å². The first-order valence-corrected chi connectivity index (χ1v) is 7.29. The number of ether oxygens (including phenoxy) is 1. The van der Waals surface area contributed by atoms with Crippen molar-refractivity contribution in [2.75, 3.05) is 0 Å². The van der Waals surface area contributed by atoms with E-state index in [1.54, 1.807) is 0 Å². The minimum Gasteiger partial charge on any atom is -0.460 e. The Bertz CT molecular complexity index is 295. The molecule has 0 spiro atoms. The Balaban J connectivity index is 4.94. The Kier molecular flexibility index (Phi) is 6.17. The second-order valence-electron chi connectivity index (χ2n) is 8.48. The lowest BCUT2D eigenvalue weighted by Crippen LogP contribution is -2.38. The number of hydrogen-bond acceptors (Lipinski definition) is 2. The number of esters is 1. The summed E-state index contributed by atoms with van der Waals surface area (Å²) in [5.41, 5.74) is -0.360. The van der Waals surface area contributed by atoms with Crippen molar-refractivity contribution >= 4 is 13.2 Å². The topological polar surface area (TPSA) is 26.3 Å². The van der Waals surface area contributed by atoms with Crippen LogP contribution in [-0.4, -0.2) is 18.8 Å². The highest BCUT2D eigenvalue weighted by atomic mass is 16.6. The van der Waals surface area contributed by atoms with E-state index in [9.17, 15) is 4.79 Å². The Hall–Kier alpha value is -0.465. The third kappa shape index (κ3) is 7.64. The molecule has 3 heteroatoms. The molecule has 0 aliphatic carbocycles. The van der Waals surface area contributed by atoms with E-state index in [4.69, 9.17) is 4.74 Å². The molecule has 0 bridgehead atoms. The van der Waals surface area contributed by atoms with Gasteiger partial charge in [-0.3, -0.25) is 4.79 Å². The summed E-state index contributed by atoms with van der Waals surface area (Å²) in [6.07, 6.45) is 1.63. The Labute approximate surface area is 120 Å². The van der Waals surface area contributed by atoms with Gasteiger partial charge in [-0.25, -0.2) is 0 Å². The summed E-state index contributed by atoms with van der Waals surface area (Å²) in [5.74, 6) is -0.127. The van der Waals surface area contributed by atoms with Gasteiger partial charge in [0.25, 0.3) is 0 Å². The minimum absolute atomic E-state index is 0.0609. The van der Waals surface area contributed by atoms with Crippen molar-refractivity contribution in [3.63, 3.8) is 0 Å². The van der Waals surface area contributed by atoms with Crippen LogP contribution in [0.4, 0.5) is 0 Å². The molecule has 0 aromatic carbocycles. The molecule has 19 heavy (non-hydrogen) atoms. The Morgan fingerprint density at radius 2 is 1.53 bits per heavy atom. The number of rotatable bonds is 5. The maximum atomic E-state index is 12.5. The average Bonchev–Trinajstić information content (AvgIpc) is 2.09. The van der Waals surface area contributed by atoms with Crippen molar-refractivity contribution in [1.82, 2.24) is 0 Å². The summed E-state index contributed by atoms with van der Waals surface area (Å²) in [7, 11) is 2.04. The molecular formula is C16H32BO2. The van der Waals surface area contributed by atoms with Crippen molar-refractivity contribution in [2.45, 2.75) is 80.6 Å². The molecule has 0 aromatic heterocycles. The maximum Gasteiger partial charge on any atom is 0.309 e. The van der Waals surface area contributed by atoms with Crippen LogP contribution >= 0.6 is 0 Å². The quantitative estimate of drug-likeness (QED) is 0.538. The standard InChI is InChI=1S/C16H32BO2/c1-14(2,3)10-12(15(4,5)6)13(18)19-16(7,8)11-17-9/h12H,10-11H2,1-9H3. The first kappa shape index (κ1) is 18.5. The lowest BCUT2D eigenvalue weighted by atomic mass is 9.70. The van der Waals surface area contributed by atoms with Gasteiger partial charge in [-0.2, -0.15) is 0 Å². The van der Waals surface area contributed by atoms with Gasteiger partial charge < -0.3 is 4.74 Å². The number of carbonyl (C=O) groups is 1. The molecule has 0 aliphatic heterocycles. The summed E-state index contributed by atoms with van der Waals surface area (Å²) in [4.78, 5) is 12.5. The fourth-order valence-electron chi connectivity index (χ4n) is 2.23. The van der Waals surface area contributed by atoms with Gasteiger partial charge in [0.15, 0.2) is 0 Å². The smallest absolute Gasteiger partial charge is 0.309 e. The maximum absolute atomic E-state index is 12.5. The average molecular weight is 267 g/mol. The van der Waals surface area contributed by atoms with Crippen LogP contribution in [0.15, 0.2) is 0 Å². The van der Waals surface area contributed by atoms with E-state index in [0.717, 1.165) is 12.7 Å². The van der Waals surface area contributed by atoms with E-state index in [2.05, 4.69) is 41.5 Å². The molecule has 1 radical (unpaired) electrons. The van der Waals surface area contributed by atoms with Gasteiger partial charge in [-0.15, -0.1) is 0 Å². The van der Waals surface area contributed by atoms with Crippen LogP contribution in [0.5, 0.6) is 0 Å². The van der Waals surface area contributed by atoms with Gasteiger partial charge in [0, 0.05) is 0 Å². The van der Waals surface area contributed by atoms with Crippen LogP contribution in [-0.2, 0) is 9.53 Å². The van der Waals surface area contributed by atoms with Crippen molar-refractivity contribution in [2.24, 2.45) is 16.7 Å². The normalized spacial score (nSPS) is 15.0. The fraction of sp³-hybridized carbons (Fsp3) is 0.938. The highest BCUT2D eigenvalue weighted by Gasteiger charge is 2.37. The molecule has 0 amide bonds. The zero-order valence-corrected chi connectivity index (χ0v) is 14.4. The van der Waals surface area contributed by atoms with Crippen molar-refractivity contribution in [3.05, 3.63) is 0 Å². The lowest BCUT2D eigenvalue weighted by Gasteiger charge is -2.36. The third-order valence-corrected chi connectivity index (χ3v) is 3.22. The monoisotopic (exact) mass is 267 g/mol. The van der Waals surface area contributed by atoms with Crippen molar-refractivity contribution in [1.29, 1.82) is 0 Å². The zero-order valence-electron chi connectivity index (χ0n) is 14.4. The highest BCUT2D eigenvalue weighted by molar-refractivity contribution is 6.33. The molecule has 0 fully saturated rings. The molecule has 0 aromatic rings. The molecule has 0 heterocycles. The summed E-state index contributed by atoms with van der Waals surface area (Å²) in [5, 5.41) is 0. The molecule has 0 rings (SSSR count). The van der Waals surface area contributed by atoms with Crippen molar-refractivity contribution < 1.29 is 9.53 Å². The predicted octanol–water partition coefficient (Wildman–Crippen LogP) is 4.58. The summed E-state index contributed by atoms with van der Waals surface area (Å²) in [6, 6.07) is 0. The zero-order chi connectivity index (χ0) is 15.5. The van der Waals surface area contributed by atoms with Crippen LogP contribution in [0.2, 0.25) is 13.1 Å². The fourth-order valence-corrected chi connectivity index (χ4v) is 2.23. The first-order chi connectivity index (χ1) is 8.28. The van der Waals surface area contributed by atoms with E-state index in [0.29, 0.717) is 0 Å². The summed E-state index contributed by atoms with van der Waals surface area (Å²) >= 11 is 0. The highest BCUT2D eigenvalue weighted by Crippen LogP contribution is 2.37. The van der Waals surface area contributed by atoms with Crippen LogP contribution in [0.3, 0.4) is 0 Å². The van der Waals surface area contributed by atoms with Crippen LogP contribution in [0, 0.1) is 16.7 Å². The second kappa shape index (κ2) is 6.32. The molecule has 1 atom stereocenters.